The van der Waals surface area contributed by atoms with Gasteiger partial charge in [-0.15, -0.1) is 0 Å². The molecule has 0 fully saturated rings. The zero-order chi connectivity index (χ0) is 11.3. The second kappa shape index (κ2) is 5.75. The fourth-order valence-electron chi connectivity index (χ4n) is 1.77. The molecule has 0 heteroatoms. The molecule has 0 aliphatic carbocycles. The van der Waals surface area contributed by atoms with Gasteiger partial charge in [-0.3, -0.25) is 0 Å². The van der Waals surface area contributed by atoms with Crippen molar-refractivity contribution in [3.63, 3.8) is 0 Å². The van der Waals surface area contributed by atoms with E-state index in [2.05, 4.69) is 51.6 Å². The normalized spacial score (nSPS) is 12.5. The summed E-state index contributed by atoms with van der Waals surface area (Å²) in [6.45, 7) is 10.6. The predicted molar refractivity (Wildman–Crippen MR) is 68.1 cm³/mol. The van der Waals surface area contributed by atoms with Crippen molar-refractivity contribution in [3.05, 3.63) is 47.5 Å². The van der Waals surface area contributed by atoms with Crippen LogP contribution in [0.2, 0.25) is 0 Å². The van der Waals surface area contributed by atoms with Crippen molar-refractivity contribution in [1.29, 1.82) is 0 Å². The molecule has 0 aromatic heterocycles. The summed E-state index contributed by atoms with van der Waals surface area (Å²) < 4.78 is 0. The van der Waals surface area contributed by atoms with E-state index in [-0.39, 0.29) is 0 Å². The van der Waals surface area contributed by atoms with Gasteiger partial charge >= 0.3 is 0 Å². The highest BCUT2D eigenvalue weighted by molar-refractivity contribution is 5.28. The molecule has 0 aliphatic rings. The van der Waals surface area contributed by atoms with Gasteiger partial charge in [-0.2, -0.15) is 0 Å². The maximum Gasteiger partial charge on any atom is -0.0197 e. The Morgan fingerprint density at radius 3 is 2.40 bits per heavy atom. The van der Waals surface area contributed by atoms with E-state index in [1.165, 1.54) is 29.5 Å². The minimum absolute atomic E-state index is 0.586. The lowest BCUT2D eigenvalue weighted by molar-refractivity contribution is 0.673. The van der Waals surface area contributed by atoms with Gasteiger partial charge in [0.15, 0.2) is 0 Å². The molecule has 0 spiro atoms. The van der Waals surface area contributed by atoms with Crippen LogP contribution in [0.1, 0.15) is 38.3 Å². The zero-order valence-corrected chi connectivity index (χ0v) is 10.2. The molecule has 0 N–H and O–H groups in total. The maximum atomic E-state index is 4.03. The Balaban J connectivity index is 2.79. The molecule has 1 aromatic rings. The van der Waals surface area contributed by atoms with E-state index in [1.54, 1.807) is 0 Å². The van der Waals surface area contributed by atoms with Crippen LogP contribution in [0.15, 0.2) is 36.4 Å². The number of hydrogen-bond donors (Lipinski definition) is 0. The Morgan fingerprint density at radius 2 is 1.87 bits per heavy atom. The lowest BCUT2D eigenvalue weighted by Gasteiger charge is -2.14. The molecule has 0 radical (unpaired) electrons. The Morgan fingerprint density at radius 1 is 1.27 bits per heavy atom. The number of hydrogen-bond acceptors (Lipinski definition) is 0. The first kappa shape index (κ1) is 12.0. The van der Waals surface area contributed by atoms with Crippen molar-refractivity contribution in [2.75, 3.05) is 0 Å². The van der Waals surface area contributed by atoms with Gasteiger partial charge in [0.05, 0.1) is 0 Å². The molecular weight excluding hydrogens is 180 g/mol. The maximum absolute atomic E-state index is 4.03. The molecule has 1 aromatic carbocycles. The first-order valence-electron chi connectivity index (χ1n) is 5.87. The van der Waals surface area contributed by atoms with Gasteiger partial charge < -0.3 is 0 Å². The summed E-state index contributed by atoms with van der Waals surface area (Å²) in [6, 6.07) is 8.79. The van der Waals surface area contributed by atoms with E-state index in [9.17, 15) is 0 Å². The van der Waals surface area contributed by atoms with Crippen LogP contribution in [-0.2, 0) is 12.8 Å². The van der Waals surface area contributed by atoms with Crippen molar-refractivity contribution in [1.82, 2.24) is 0 Å². The second-order valence-corrected chi connectivity index (χ2v) is 4.47. The van der Waals surface area contributed by atoms with Crippen LogP contribution in [0.3, 0.4) is 0 Å². The molecule has 0 amide bonds. The molecule has 15 heavy (non-hydrogen) atoms. The van der Waals surface area contributed by atoms with E-state index in [0.29, 0.717) is 5.92 Å². The Bertz CT molecular complexity index is 323. The molecular formula is C15H22. The quantitative estimate of drug-likeness (QED) is 0.621. The average Bonchev–Trinajstić information content (AvgIpc) is 2.21. The van der Waals surface area contributed by atoms with E-state index in [0.717, 1.165) is 6.42 Å². The summed E-state index contributed by atoms with van der Waals surface area (Å²) in [5.74, 6) is 0.586. The third-order valence-electron chi connectivity index (χ3n) is 3.01. The highest BCUT2D eigenvalue weighted by atomic mass is 14.1. The van der Waals surface area contributed by atoms with Crippen LogP contribution in [0.5, 0.6) is 0 Å². The highest BCUT2D eigenvalue weighted by Crippen LogP contribution is 2.19. The number of benzene rings is 1. The van der Waals surface area contributed by atoms with Crippen molar-refractivity contribution >= 4 is 0 Å². The lowest BCUT2D eigenvalue weighted by atomic mass is 9.91. The minimum Gasteiger partial charge on any atom is -0.0999 e. The van der Waals surface area contributed by atoms with Gasteiger partial charge in [-0.25, -0.2) is 0 Å². The van der Waals surface area contributed by atoms with Gasteiger partial charge in [0, 0.05) is 0 Å². The highest BCUT2D eigenvalue weighted by Gasteiger charge is 2.07. The molecule has 0 saturated heterocycles. The van der Waals surface area contributed by atoms with Gasteiger partial charge in [0.25, 0.3) is 0 Å². The van der Waals surface area contributed by atoms with Crippen LogP contribution in [0.4, 0.5) is 0 Å². The molecule has 0 nitrogen and oxygen atoms in total. The summed E-state index contributed by atoms with van der Waals surface area (Å²) in [5, 5.41) is 0. The molecule has 82 valence electrons. The van der Waals surface area contributed by atoms with Crippen LogP contribution in [0.25, 0.3) is 0 Å². The van der Waals surface area contributed by atoms with Crippen molar-refractivity contribution < 1.29 is 0 Å². The topological polar surface area (TPSA) is 0 Å². The van der Waals surface area contributed by atoms with E-state index >= 15 is 0 Å². The number of allylic oxidation sites excluding steroid dienone is 1. The van der Waals surface area contributed by atoms with Gasteiger partial charge in [0.2, 0.25) is 0 Å². The fourth-order valence-corrected chi connectivity index (χ4v) is 1.77. The standard InChI is InChI=1S/C15H22/c1-5-8-14-9-6-7-10-15(14)11-13(4)12(2)3/h6-7,9-10,13H,2,5,8,11H2,1,3-4H3. The Kier molecular flexibility index (Phi) is 4.61. The smallest absolute Gasteiger partial charge is 0.0197 e. The summed E-state index contributed by atoms with van der Waals surface area (Å²) >= 11 is 0. The summed E-state index contributed by atoms with van der Waals surface area (Å²) in [7, 11) is 0. The first-order chi connectivity index (χ1) is 7.15. The van der Waals surface area contributed by atoms with Gasteiger partial charge in [-0.05, 0) is 36.8 Å². The third-order valence-corrected chi connectivity index (χ3v) is 3.01. The predicted octanol–water partition coefficient (Wildman–Crippen LogP) is 4.39. The molecule has 0 bridgehead atoms. The molecule has 1 unspecified atom stereocenters. The first-order valence-corrected chi connectivity index (χ1v) is 5.87. The lowest BCUT2D eigenvalue weighted by Crippen LogP contribution is -2.03. The van der Waals surface area contributed by atoms with Crippen molar-refractivity contribution in [3.8, 4) is 0 Å². The summed E-state index contributed by atoms with van der Waals surface area (Å²) in [4.78, 5) is 0. The van der Waals surface area contributed by atoms with Crippen LogP contribution >= 0.6 is 0 Å². The van der Waals surface area contributed by atoms with Crippen LogP contribution in [-0.4, -0.2) is 0 Å². The van der Waals surface area contributed by atoms with Gasteiger partial charge in [-0.1, -0.05) is 56.7 Å². The molecule has 1 rings (SSSR count). The van der Waals surface area contributed by atoms with Crippen LogP contribution in [0, 0.1) is 5.92 Å². The fraction of sp³-hybridized carbons (Fsp3) is 0.467. The van der Waals surface area contributed by atoms with E-state index in [1.807, 2.05) is 0 Å². The molecule has 0 saturated carbocycles. The third kappa shape index (κ3) is 3.54. The van der Waals surface area contributed by atoms with E-state index < -0.39 is 0 Å². The Labute approximate surface area is 94.0 Å². The number of aryl methyl sites for hydroxylation is 1. The van der Waals surface area contributed by atoms with Crippen LogP contribution < -0.4 is 0 Å². The molecule has 0 aliphatic heterocycles. The van der Waals surface area contributed by atoms with Crippen molar-refractivity contribution in [2.45, 2.75) is 40.0 Å². The monoisotopic (exact) mass is 202 g/mol. The summed E-state index contributed by atoms with van der Waals surface area (Å²) in [6.07, 6.45) is 3.54. The largest absolute Gasteiger partial charge is 0.0999 e. The molecule has 1 atom stereocenters. The number of rotatable bonds is 5. The SMILES string of the molecule is C=C(C)C(C)Cc1ccccc1CCC. The minimum atomic E-state index is 0.586. The van der Waals surface area contributed by atoms with Gasteiger partial charge in [0.1, 0.15) is 0 Å². The average molecular weight is 202 g/mol. The molecule has 0 heterocycles. The second-order valence-electron chi connectivity index (χ2n) is 4.47. The Hall–Kier alpha value is -1.04. The zero-order valence-electron chi connectivity index (χ0n) is 10.2. The summed E-state index contributed by atoms with van der Waals surface area (Å²) in [5.41, 5.74) is 4.28. The van der Waals surface area contributed by atoms with Crippen molar-refractivity contribution in [2.24, 2.45) is 5.92 Å². The van der Waals surface area contributed by atoms with E-state index in [4.69, 9.17) is 0 Å².